The largest absolute Gasteiger partial charge is 0.508 e. The predicted molar refractivity (Wildman–Crippen MR) is 92.3 cm³/mol. The lowest BCUT2D eigenvalue weighted by atomic mass is 10.2. The summed E-state index contributed by atoms with van der Waals surface area (Å²) in [4.78, 5) is 24.0. The summed E-state index contributed by atoms with van der Waals surface area (Å²) in [6.45, 7) is 0.519. The van der Waals surface area contributed by atoms with Gasteiger partial charge in [0.1, 0.15) is 5.75 Å². The van der Waals surface area contributed by atoms with Crippen molar-refractivity contribution in [2.24, 2.45) is 0 Å². The van der Waals surface area contributed by atoms with Gasteiger partial charge in [0.05, 0.1) is 14.2 Å². The van der Waals surface area contributed by atoms with Crippen LogP contribution in [0.1, 0.15) is 20.7 Å². The van der Waals surface area contributed by atoms with Crippen LogP contribution in [0.2, 0.25) is 0 Å². The minimum atomic E-state index is -0.323. The van der Waals surface area contributed by atoms with E-state index >= 15 is 0 Å². The van der Waals surface area contributed by atoms with Gasteiger partial charge in [-0.1, -0.05) is 6.07 Å². The zero-order valence-electron chi connectivity index (χ0n) is 14.0. The van der Waals surface area contributed by atoms with Crippen LogP contribution in [0.5, 0.6) is 17.2 Å². The number of hydrogen-bond donors (Lipinski definition) is 3. The molecule has 0 aliphatic carbocycles. The van der Waals surface area contributed by atoms with Gasteiger partial charge >= 0.3 is 0 Å². The third-order valence-electron chi connectivity index (χ3n) is 3.45. The first-order chi connectivity index (χ1) is 12.0. The highest BCUT2D eigenvalue weighted by molar-refractivity contribution is 5.95. The molecule has 2 amide bonds. The number of rotatable bonds is 7. The zero-order chi connectivity index (χ0) is 18.2. The van der Waals surface area contributed by atoms with Gasteiger partial charge < -0.3 is 25.2 Å². The number of benzene rings is 2. The summed E-state index contributed by atoms with van der Waals surface area (Å²) in [7, 11) is 3.02. The van der Waals surface area contributed by atoms with Gasteiger partial charge in [-0.05, 0) is 36.4 Å². The Balaban J connectivity index is 1.83. The van der Waals surface area contributed by atoms with Crippen LogP contribution in [-0.2, 0) is 0 Å². The van der Waals surface area contributed by atoms with Crippen molar-refractivity contribution >= 4 is 11.8 Å². The first kappa shape index (κ1) is 18.1. The Morgan fingerprint density at radius 1 is 0.880 bits per heavy atom. The molecule has 0 radical (unpaired) electrons. The van der Waals surface area contributed by atoms with Crippen molar-refractivity contribution in [3.05, 3.63) is 53.6 Å². The molecule has 0 saturated carbocycles. The van der Waals surface area contributed by atoms with Crippen LogP contribution in [0.4, 0.5) is 0 Å². The van der Waals surface area contributed by atoms with Crippen molar-refractivity contribution in [1.29, 1.82) is 0 Å². The van der Waals surface area contributed by atoms with Crippen LogP contribution >= 0.6 is 0 Å². The molecule has 0 spiro atoms. The standard InChI is InChI=1S/C18H20N2O5/c1-24-15-7-6-13(11-16(15)25-2)18(23)20-9-8-19-17(22)12-4-3-5-14(21)10-12/h3-7,10-11,21H,8-9H2,1-2H3,(H,19,22)(H,20,23). The molecule has 0 atom stereocenters. The van der Waals surface area contributed by atoms with Gasteiger partial charge in [0, 0.05) is 24.2 Å². The van der Waals surface area contributed by atoms with Gasteiger partial charge in [-0.25, -0.2) is 0 Å². The lowest BCUT2D eigenvalue weighted by molar-refractivity contribution is 0.0927. The normalized spacial score (nSPS) is 10.0. The van der Waals surface area contributed by atoms with Crippen molar-refractivity contribution in [3.63, 3.8) is 0 Å². The maximum atomic E-state index is 12.1. The summed E-state index contributed by atoms with van der Waals surface area (Å²) in [6.07, 6.45) is 0. The Labute approximate surface area is 145 Å². The molecule has 7 nitrogen and oxygen atoms in total. The van der Waals surface area contributed by atoms with E-state index in [1.807, 2.05) is 0 Å². The monoisotopic (exact) mass is 344 g/mol. The lowest BCUT2D eigenvalue weighted by Gasteiger charge is -2.10. The van der Waals surface area contributed by atoms with Crippen molar-refractivity contribution in [3.8, 4) is 17.2 Å². The molecule has 0 saturated heterocycles. The van der Waals surface area contributed by atoms with Crippen molar-refractivity contribution in [2.45, 2.75) is 0 Å². The second-order valence-corrected chi connectivity index (χ2v) is 5.13. The topological polar surface area (TPSA) is 96.9 Å². The molecule has 2 aromatic rings. The lowest BCUT2D eigenvalue weighted by Crippen LogP contribution is -2.34. The molecular weight excluding hydrogens is 324 g/mol. The number of carbonyl (C=O) groups excluding carboxylic acids is 2. The van der Waals surface area contributed by atoms with E-state index in [0.29, 0.717) is 22.6 Å². The van der Waals surface area contributed by atoms with Gasteiger partial charge in [-0.15, -0.1) is 0 Å². The third kappa shape index (κ3) is 4.87. The highest BCUT2D eigenvalue weighted by Gasteiger charge is 2.11. The molecule has 0 aliphatic rings. The van der Waals surface area contributed by atoms with E-state index in [4.69, 9.17) is 9.47 Å². The Morgan fingerprint density at radius 2 is 1.48 bits per heavy atom. The van der Waals surface area contributed by atoms with E-state index in [9.17, 15) is 14.7 Å². The fourth-order valence-corrected chi connectivity index (χ4v) is 2.18. The Bertz CT molecular complexity index is 761. The van der Waals surface area contributed by atoms with E-state index < -0.39 is 0 Å². The van der Waals surface area contributed by atoms with Crippen LogP contribution < -0.4 is 20.1 Å². The average molecular weight is 344 g/mol. The molecule has 0 bridgehead atoms. The van der Waals surface area contributed by atoms with E-state index in [0.717, 1.165) is 0 Å². The molecule has 0 fully saturated rings. The number of phenolic OH excluding ortho intramolecular Hbond substituents is 1. The second-order valence-electron chi connectivity index (χ2n) is 5.13. The van der Waals surface area contributed by atoms with Gasteiger partial charge in [0.2, 0.25) is 0 Å². The Hall–Kier alpha value is -3.22. The minimum Gasteiger partial charge on any atom is -0.508 e. The summed E-state index contributed by atoms with van der Waals surface area (Å²) in [6, 6.07) is 10.9. The second kappa shape index (κ2) is 8.58. The molecule has 2 rings (SSSR count). The molecule has 3 N–H and O–H groups in total. The molecule has 7 heteroatoms. The van der Waals surface area contributed by atoms with Gasteiger partial charge in [-0.2, -0.15) is 0 Å². The van der Waals surface area contributed by atoms with E-state index in [2.05, 4.69) is 10.6 Å². The van der Waals surface area contributed by atoms with E-state index in [1.165, 1.54) is 26.4 Å². The summed E-state index contributed by atoms with van der Waals surface area (Å²) < 4.78 is 10.3. The van der Waals surface area contributed by atoms with Crippen LogP contribution in [0.15, 0.2) is 42.5 Å². The van der Waals surface area contributed by atoms with Crippen LogP contribution in [0.3, 0.4) is 0 Å². The molecule has 0 heterocycles. The number of hydrogen-bond acceptors (Lipinski definition) is 5. The van der Waals surface area contributed by atoms with Crippen molar-refractivity contribution in [1.82, 2.24) is 10.6 Å². The number of phenols is 1. The van der Waals surface area contributed by atoms with Crippen LogP contribution in [0.25, 0.3) is 0 Å². The number of amides is 2. The SMILES string of the molecule is COc1ccc(C(=O)NCCNC(=O)c2cccc(O)c2)cc1OC. The molecule has 0 aliphatic heterocycles. The van der Waals surface area contributed by atoms with E-state index in [1.54, 1.807) is 30.3 Å². The molecule has 0 unspecified atom stereocenters. The first-order valence-corrected chi connectivity index (χ1v) is 7.62. The molecule has 0 aromatic heterocycles. The highest BCUT2D eigenvalue weighted by atomic mass is 16.5. The molecule has 2 aromatic carbocycles. The maximum Gasteiger partial charge on any atom is 0.251 e. The summed E-state index contributed by atoms with van der Waals surface area (Å²) >= 11 is 0. The Kier molecular flexibility index (Phi) is 6.22. The quantitative estimate of drug-likeness (QED) is 0.663. The zero-order valence-corrected chi connectivity index (χ0v) is 14.0. The highest BCUT2D eigenvalue weighted by Crippen LogP contribution is 2.27. The fraction of sp³-hybridized carbons (Fsp3) is 0.222. The van der Waals surface area contributed by atoms with Gasteiger partial charge in [0.15, 0.2) is 11.5 Å². The number of aromatic hydroxyl groups is 1. The number of ether oxygens (including phenoxy) is 2. The van der Waals surface area contributed by atoms with Crippen molar-refractivity contribution < 1.29 is 24.2 Å². The van der Waals surface area contributed by atoms with Crippen molar-refractivity contribution in [2.75, 3.05) is 27.3 Å². The number of carbonyl (C=O) groups is 2. The minimum absolute atomic E-state index is 0.0226. The predicted octanol–water partition coefficient (Wildman–Crippen LogP) is 1.57. The van der Waals surface area contributed by atoms with Gasteiger partial charge in [0.25, 0.3) is 11.8 Å². The fourth-order valence-electron chi connectivity index (χ4n) is 2.18. The number of nitrogens with one attached hydrogen (secondary N) is 2. The average Bonchev–Trinajstić information content (AvgIpc) is 2.64. The number of methoxy groups -OCH3 is 2. The van der Waals surface area contributed by atoms with E-state index in [-0.39, 0.29) is 30.7 Å². The summed E-state index contributed by atoms with van der Waals surface area (Å²) in [5.74, 6) is 0.419. The molecule has 132 valence electrons. The summed E-state index contributed by atoms with van der Waals surface area (Å²) in [5, 5.41) is 14.7. The first-order valence-electron chi connectivity index (χ1n) is 7.62. The third-order valence-corrected chi connectivity index (χ3v) is 3.45. The van der Waals surface area contributed by atoms with Gasteiger partial charge in [-0.3, -0.25) is 9.59 Å². The van der Waals surface area contributed by atoms with Crippen LogP contribution in [-0.4, -0.2) is 44.2 Å². The molecule has 25 heavy (non-hydrogen) atoms. The van der Waals surface area contributed by atoms with Crippen LogP contribution in [0, 0.1) is 0 Å². The maximum absolute atomic E-state index is 12.1. The molecular formula is C18H20N2O5. The Morgan fingerprint density at radius 3 is 2.04 bits per heavy atom. The summed E-state index contributed by atoms with van der Waals surface area (Å²) in [5.41, 5.74) is 0.781. The smallest absolute Gasteiger partial charge is 0.251 e.